The fourth-order valence-electron chi connectivity index (χ4n) is 4.32. The maximum Gasteiger partial charge on any atom is 0.251 e. The van der Waals surface area contributed by atoms with Crippen molar-refractivity contribution >= 4 is 39.1 Å². The minimum absolute atomic E-state index is 0.0501. The molecule has 1 saturated carbocycles. The molecule has 1 spiro atoms. The van der Waals surface area contributed by atoms with Crippen molar-refractivity contribution in [3.05, 3.63) is 46.9 Å². The van der Waals surface area contributed by atoms with E-state index in [9.17, 15) is 9.59 Å². The van der Waals surface area contributed by atoms with E-state index in [1.165, 1.54) is 0 Å². The Kier molecular flexibility index (Phi) is 4.50. The number of nitrogens with one attached hydrogen (secondary N) is 1. The van der Waals surface area contributed by atoms with Gasteiger partial charge in [0.05, 0.1) is 11.6 Å². The summed E-state index contributed by atoms with van der Waals surface area (Å²) < 4.78 is 12.9. The summed E-state index contributed by atoms with van der Waals surface area (Å²) >= 11 is 3.48. The first-order valence-electron chi connectivity index (χ1n) is 9.91. The van der Waals surface area contributed by atoms with Crippen molar-refractivity contribution in [2.24, 2.45) is 5.92 Å². The van der Waals surface area contributed by atoms with Gasteiger partial charge in [-0.3, -0.25) is 9.59 Å². The third-order valence-corrected chi connectivity index (χ3v) is 6.48. The Morgan fingerprint density at radius 1 is 1.10 bits per heavy atom. The quantitative estimate of drug-likeness (QED) is 0.738. The molecule has 7 heteroatoms. The highest BCUT2D eigenvalue weighted by molar-refractivity contribution is 9.10. The molecule has 1 N–H and O–H groups in total. The third kappa shape index (κ3) is 3.37. The molecule has 2 heterocycles. The average Bonchev–Trinajstić information content (AvgIpc) is 3.41. The molecule has 5 rings (SSSR count). The van der Waals surface area contributed by atoms with E-state index in [0.717, 1.165) is 41.6 Å². The summed E-state index contributed by atoms with van der Waals surface area (Å²) in [5.74, 6) is 0.254. The van der Waals surface area contributed by atoms with Crippen LogP contribution >= 0.6 is 15.9 Å². The van der Waals surface area contributed by atoms with E-state index >= 15 is 0 Å². The van der Waals surface area contributed by atoms with Gasteiger partial charge in [-0.15, -0.1) is 0 Å². The van der Waals surface area contributed by atoms with Crippen LogP contribution in [0.4, 0.5) is 11.4 Å². The van der Waals surface area contributed by atoms with Gasteiger partial charge in [-0.05, 0) is 53.0 Å². The highest BCUT2D eigenvalue weighted by atomic mass is 79.9. The Morgan fingerprint density at radius 2 is 1.86 bits per heavy atom. The number of benzene rings is 2. The molecule has 6 nitrogen and oxygen atoms in total. The van der Waals surface area contributed by atoms with Crippen molar-refractivity contribution in [3.8, 4) is 11.5 Å². The minimum Gasteiger partial charge on any atom is -0.448 e. The summed E-state index contributed by atoms with van der Waals surface area (Å²) in [6, 6.07) is 13.0. The van der Waals surface area contributed by atoms with Crippen LogP contribution in [0, 0.1) is 5.92 Å². The van der Waals surface area contributed by atoms with Gasteiger partial charge in [0.2, 0.25) is 11.8 Å². The van der Waals surface area contributed by atoms with Gasteiger partial charge >= 0.3 is 0 Å². The summed E-state index contributed by atoms with van der Waals surface area (Å²) in [4.78, 5) is 26.9. The highest BCUT2D eigenvalue weighted by Crippen LogP contribution is 2.47. The van der Waals surface area contributed by atoms with Gasteiger partial charge in [0, 0.05) is 42.0 Å². The monoisotopic (exact) mass is 456 g/mol. The maximum absolute atomic E-state index is 12.8. The van der Waals surface area contributed by atoms with E-state index in [1.54, 1.807) is 4.90 Å². The van der Waals surface area contributed by atoms with E-state index in [1.807, 2.05) is 42.5 Å². The number of rotatable bonds is 3. The molecular weight excluding hydrogens is 436 g/mol. The third-order valence-electron chi connectivity index (χ3n) is 5.81. The summed E-state index contributed by atoms with van der Waals surface area (Å²) in [6.45, 7) is 0.362. The largest absolute Gasteiger partial charge is 0.448 e. The second kappa shape index (κ2) is 7.06. The van der Waals surface area contributed by atoms with Crippen molar-refractivity contribution in [2.45, 2.75) is 37.9 Å². The molecule has 3 aliphatic rings. The van der Waals surface area contributed by atoms with Crippen LogP contribution in [-0.2, 0) is 9.59 Å². The molecule has 1 unspecified atom stereocenters. The fraction of sp³-hybridized carbons (Fsp3) is 0.364. The topological polar surface area (TPSA) is 67.9 Å². The minimum atomic E-state index is -0.521. The molecule has 150 valence electrons. The van der Waals surface area contributed by atoms with Gasteiger partial charge in [0.1, 0.15) is 0 Å². The molecule has 2 aromatic rings. The molecule has 0 radical (unpaired) electrons. The first-order chi connectivity index (χ1) is 14.0. The molecule has 2 aromatic carbocycles. The smallest absolute Gasteiger partial charge is 0.251 e. The number of carbonyl (C=O) groups is 2. The summed E-state index contributed by atoms with van der Waals surface area (Å²) in [5, 5.41) is 2.93. The molecule has 2 aliphatic heterocycles. The molecule has 1 atom stereocenters. The molecule has 1 saturated heterocycles. The maximum atomic E-state index is 12.8. The lowest BCUT2D eigenvalue weighted by atomic mass is 10.1. The summed E-state index contributed by atoms with van der Waals surface area (Å²) in [7, 11) is 0. The van der Waals surface area contributed by atoms with Gasteiger partial charge < -0.3 is 19.7 Å². The molecular formula is C22H21BrN2O4. The lowest BCUT2D eigenvalue weighted by Crippen LogP contribution is -2.34. The lowest BCUT2D eigenvalue weighted by Gasteiger charge is -2.21. The number of ether oxygens (including phenoxy) is 2. The van der Waals surface area contributed by atoms with E-state index in [-0.39, 0.29) is 18.2 Å². The molecule has 0 aromatic heterocycles. The summed E-state index contributed by atoms with van der Waals surface area (Å²) in [6.07, 6.45) is 4.17. The van der Waals surface area contributed by atoms with E-state index in [0.29, 0.717) is 18.0 Å². The molecule has 1 aliphatic carbocycles. The van der Waals surface area contributed by atoms with Gasteiger partial charge in [0.25, 0.3) is 5.79 Å². The zero-order valence-corrected chi connectivity index (χ0v) is 17.4. The van der Waals surface area contributed by atoms with Crippen molar-refractivity contribution in [3.63, 3.8) is 0 Å². The van der Waals surface area contributed by atoms with Crippen molar-refractivity contribution in [1.82, 2.24) is 0 Å². The fourth-order valence-corrected chi connectivity index (χ4v) is 4.82. The number of fused-ring (bicyclic) bond motifs is 1. The molecule has 29 heavy (non-hydrogen) atoms. The zero-order chi connectivity index (χ0) is 20.0. The highest BCUT2D eigenvalue weighted by Gasteiger charge is 2.44. The van der Waals surface area contributed by atoms with E-state index in [2.05, 4.69) is 21.2 Å². The van der Waals surface area contributed by atoms with Crippen LogP contribution in [0.5, 0.6) is 11.5 Å². The Morgan fingerprint density at radius 3 is 2.66 bits per heavy atom. The van der Waals surface area contributed by atoms with Gasteiger partial charge in [0.15, 0.2) is 11.5 Å². The SMILES string of the molecule is O=C(Nc1ccc2c(c1)OC1(CCCC1)O2)C1CC(=O)N(c2ccccc2Br)C1. The predicted molar refractivity (Wildman–Crippen MR) is 112 cm³/mol. The van der Waals surface area contributed by atoms with Crippen LogP contribution in [0.15, 0.2) is 46.9 Å². The standard InChI is InChI=1S/C22H21BrN2O4/c23-16-5-1-2-6-17(16)25-13-14(11-20(25)26)21(27)24-15-7-8-18-19(12-15)29-22(28-18)9-3-4-10-22/h1-2,5-8,12,14H,3-4,9-11,13H2,(H,24,27). The van der Waals surface area contributed by atoms with Gasteiger partial charge in [-0.2, -0.15) is 0 Å². The Bertz CT molecular complexity index is 987. The number of anilines is 2. The number of hydrogen-bond donors (Lipinski definition) is 1. The van der Waals surface area contributed by atoms with Gasteiger partial charge in [-0.25, -0.2) is 0 Å². The first-order valence-corrected chi connectivity index (χ1v) is 10.7. The van der Waals surface area contributed by atoms with Crippen molar-refractivity contribution in [2.75, 3.05) is 16.8 Å². The lowest BCUT2D eigenvalue weighted by molar-refractivity contribution is -0.122. The van der Waals surface area contributed by atoms with Crippen LogP contribution < -0.4 is 19.7 Å². The Balaban J connectivity index is 1.27. The Hall–Kier alpha value is -2.54. The summed E-state index contributed by atoms with van der Waals surface area (Å²) in [5.41, 5.74) is 1.44. The number of hydrogen-bond acceptors (Lipinski definition) is 4. The first kappa shape index (κ1) is 18.5. The number of nitrogens with zero attached hydrogens (tertiary/aromatic N) is 1. The predicted octanol–water partition coefficient (Wildman–Crippen LogP) is 4.48. The number of amides is 2. The molecule has 2 fully saturated rings. The average molecular weight is 457 g/mol. The Labute approximate surface area is 177 Å². The normalized spacial score (nSPS) is 21.8. The van der Waals surface area contributed by atoms with E-state index in [4.69, 9.17) is 9.47 Å². The van der Waals surface area contributed by atoms with Crippen LogP contribution in [0.25, 0.3) is 0 Å². The van der Waals surface area contributed by atoms with E-state index < -0.39 is 11.7 Å². The number of halogens is 1. The zero-order valence-electron chi connectivity index (χ0n) is 15.8. The van der Waals surface area contributed by atoms with Crippen molar-refractivity contribution in [1.29, 1.82) is 0 Å². The van der Waals surface area contributed by atoms with Gasteiger partial charge in [-0.1, -0.05) is 12.1 Å². The second-order valence-electron chi connectivity index (χ2n) is 7.83. The number of carbonyl (C=O) groups excluding carboxylic acids is 2. The molecule has 0 bridgehead atoms. The van der Waals surface area contributed by atoms with Crippen LogP contribution in [0.1, 0.15) is 32.1 Å². The van der Waals surface area contributed by atoms with Crippen LogP contribution in [0.3, 0.4) is 0 Å². The van der Waals surface area contributed by atoms with Crippen LogP contribution in [0.2, 0.25) is 0 Å². The van der Waals surface area contributed by atoms with Crippen molar-refractivity contribution < 1.29 is 19.1 Å². The second-order valence-corrected chi connectivity index (χ2v) is 8.68. The molecule has 2 amide bonds. The number of para-hydroxylation sites is 1. The van der Waals surface area contributed by atoms with Crippen LogP contribution in [-0.4, -0.2) is 24.1 Å².